The minimum Gasteiger partial charge on any atom is -0.452 e. The number of nitrogens with zero attached hydrogens (tertiary/aromatic N) is 3. The Balaban J connectivity index is 1.60. The van der Waals surface area contributed by atoms with Gasteiger partial charge in [-0.15, -0.1) is 0 Å². The molecule has 1 amide bonds. The second kappa shape index (κ2) is 7.75. The highest BCUT2D eigenvalue weighted by Gasteiger charge is 2.21. The number of anilines is 2. The topological polar surface area (TPSA) is 107 Å². The van der Waals surface area contributed by atoms with Crippen LogP contribution >= 0.6 is 0 Å². The Bertz CT molecular complexity index is 754. The van der Waals surface area contributed by atoms with Crippen LogP contribution in [0.15, 0.2) is 28.9 Å². The van der Waals surface area contributed by atoms with Gasteiger partial charge in [-0.1, -0.05) is 5.16 Å². The Kier molecular flexibility index (Phi) is 5.24. The van der Waals surface area contributed by atoms with Crippen LogP contribution in [0.1, 0.15) is 16.1 Å². The number of hydrogen-bond donors (Lipinski definition) is 1. The number of carbonyl (C=O) groups is 2. The second-order valence-electron chi connectivity index (χ2n) is 5.42. The molecule has 9 nitrogen and oxygen atoms in total. The van der Waals surface area contributed by atoms with Crippen molar-refractivity contribution in [2.75, 3.05) is 43.1 Å². The van der Waals surface area contributed by atoms with Gasteiger partial charge in [0.15, 0.2) is 12.4 Å². The predicted octanol–water partition coefficient (Wildman–Crippen LogP) is 1.01. The molecule has 2 aromatic heterocycles. The van der Waals surface area contributed by atoms with E-state index in [1.165, 1.54) is 0 Å². The molecular weight excluding hydrogens is 328 g/mol. The van der Waals surface area contributed by atoms with E-state index in [0.29, 0.717) is 43.4 Å². The lowest BCUT2D eigenvalue weighted by Crippen LogP contribution is -2.37. The summed E-state index contributed by atoms with van der Waals surface area (Å²) in [6, 6.07) is 4.84. The van der Waals surface area contributed by atoms with E-state index in [-0.39, 0.29) is 5.82 Å². The minimum atomic E-state index is -0.610. The molecule has 0 saturated carbocycles. The number of rotatable bonds is 5. The highest BCUT2D eigenvalue weighted by Crippen LogP contribution is 2.19. The Hall–Kier alpha value is -2.94. The average molecular weight is 346 g/mol. The monoisotopic (exact) mass is 346 g/mol. The van der Waals surface area contributed by atoms with Crippen LogP contribution in [0.3, 0.4) is 0 Å². The number of esters is 1. The lowest BCUT2D eigenvalue weighted by molar-refractivity contribution is -0.119. The number of aromatic nitrogens is 2. The molecule has 2 aromatic rings. The molecule has 1 fully saturated rings. The maximum absolute atomic E-state index is 12.3. The van der Waals surface area contributed by atoms with Gasteiger partial charge in [0.05, 0.1) is 13.2 Å². The molecule has 0 bridgehead atoms. The molecule has 25 heavy (non-hydrogen) atoms. The number of pyridine rings is 1. The lowest BCUT2D eigenvalue weighted by atomic mass is 10.2. The largest absolute Gasteiger partial charge is 0.452 e. The molecule has 1 saturated heterocycles. The van der Waals surface area contributed by atoms with Gasteiger partial charge < -0.3 is 24.2 Å². The summed E-state index contributed by atoms with van der Waals surface area (Å²) in [4.78, 5) is 30.4. The number of carbonyl (C=O) groups excluding carboxylic acids is 2. The summed E-state index contributed by atoms with van der Waals surface area (Å²) in [6.07, 6.45) is 1.61. The average Bonchev–Trinajstić information content (AvgIpc) is 3.05. The zero-order valence-electron chi connectivity index (χ0n) is 13.7. The highest BCUT2D eigenvalue weighted by molar-refractivity contribution is 5.97. The molecular formula is C16H18N4O5. The van der Waals surface area contributed by atoms with Crippen LogP contribution in [-0.2, 0) is 14.3 Å². The molecule has 0 aromatic carbocycles. The van der Waals surface area contributed by atoms with Gasteiger partial charge in [-0.2, -0.15) is 0 Å². The Morgan fingerprint density at radius 3 is 2.88 bits per heavy atom. The van der Waals surface area contributed by atoms with E-state index in [1.807, 2.05) is 4.90 Å². The Morgan fingerprint density at radius 2 is 2.16 bits per heavy atom. The zero-order valence-corrected chi connectivity index (χ0v) is 13.7. The number of hydrogen-bond acceptors (Lipinski definition) is 8. The van der Waals surface area contributed by atoms with E-state index in [1.54, 1.807) is 31.3 Å². The molecule has 0 spiro atoms. The third-order valence-corrected chi connectivity index (χ3v) is 3.55. The quantitative estimate of drug-likeness (QED) is 0.800. The van der Waals surface area contributed by atoms with Gasteiger partial charge >= 0.3 is 5.97 Å². The molecule has 1 aliphatic heterocycles. The number of nitrogens with one attached hydrogen (secondary N) is 1. The molecule has 0 aliphatic carbocycles. The summed E-state index contributed by atoms with van der Waals surface area (Å²) in [5, 5.41) is 6.12. The van der Waals surface area contributed by atoms with Crippen molar-refractivity contribution in [2.24, 2.45) is 0 Å². The van der Waals surface area contributed by atoms with Crippen LogP contribution in [0, 0.1) is 6.92 Å². The van der Waals surface area contributed by atoms with Gasteiger partial charge in [0, 0.05) is 25.4 Å². The number of amides is 1. The number of morpholine rings is 1. The van der Waals surface area contributed by atoms with E-state index in [0.717, 1.165) is 0 Å². The van der Waals surface area contributed by atoms with Gasteiger partial charge in [0.1, 0.15) is 17.1 Å². The zero-order chi connectivity index (χ0) is 17.6. The lowest BCUT2D eigenvalue weighted by Gasteiger charge is -2.28. The van der Waals surface area contributed by atoms with Crippen LogP contribution in [0.5, 0.6) is 0 Å². The van der Waals surface area contributed by atoms with Crippen molar-refractivity contribution in [1.29, 1.82) is 0 Å². The van der Waals surface area contributed by atoms with Gasteiger partial charge in [-0.3, -0.25) is 4.79 Å². The molecule has 3 heterocycles. The summed E-state index contributed by atoms with van der Waals surface area (Å²) in [5.74, 6) is 0.259. The first kappa shape index (κ1) is 16.9. The fourth-order valence-electron chi connectivity index (χ4n) is 2.40. The van der Waals surface area contributed by atoms with Crippen molar-refractivity contribution in [3.05, 3.63) is 35.7 Å². The fraction of sp³-hybridized carbons (Fsp3) is 0.375. The minimum absolute atomic E-state index is 0.272. The Labute approximate surface area is 143 Å². The molecule has 0 radical (unpaired) electrons. The summed E-state index contributed by atoms with van der Waals surface area (Å²) in [6.45, 7) is 3.71. The van der Waals surface area contributed by atoms with Crippen LogP contribution in [0.2, 0.25) is 0 Å². The van der Waals surface area contributed by atoms with Crippen LogP contribution in [0.4, 0.5) is 11.6 Å². The van der Waals surface area contributed by atoms with Crippen LogP contribution in [0.25, 0.3) is 0 Å². The van der Waals surface area contributed by atoms with Gasteiger partial charge in [0.25, 0.3) is 5.91 Å². The van der Waals surface area contributed by atoms with Crippen LogP contribution in [-0.4, -0.2) is 54.9 Å². The van der Waals surface area contributed by atoms with Gasteiger partial charge in [-0.05, 0) is 19.1 Å². The second-order valence-corrected chi connectivity index (χ2v) is 5.42. The van der Waals surface area contributed by atoms with E-state index < -0.39 is 18.5 Å². The van der Waals surface area contributed by atoms with Crippen molar-refractivity contribution >= 4 is 23.5 Å². The summed E-state index contributed by atoms with van der Waals surface area (Å²) in [7, 11) is 0. The first-order chi connectivity index (χ1) is 12.1. The molecule has 3 rings (SSSR count). The normalized spacial score (nSPS) is 14.2. The van der Waals surface area contributed by atoms with Gasteiger partial charge in [0.2, 0.25) is 0 Å². The molecule has 0 unspecified atom stereocenters. The number of ether oxygens (including phenoxy) is 2. The molecule has 0 atom stereocenters. The van der Waals surface area contributed by atoms with Crippen LogP contribution < -0.4 is 10.2 Å². The smallest absolute Gasteiger partial charge is 0.342 e. The maximum Gasteiger partial charge on any atom is 0.342 e. The highest BCUT2D eigenvalue weighted by atomic mass is 16.5. The molecule has 9 heteroatoms. The SMILES string of the molecule is Cc1cc(NC(=O)COC(=O)c2cccnc2N2CCOCC2)no1. The van der Waals surface area contributed by atoms with Crippen molar-refractivity contribution in [2.45, 2.75) is 6.92 Å². The van der Waals surface area contributed by atoms with Crippen molar-refractivity contribution in [3.63, 3.8) is 0 Å². The maximum atomic E-state index is 12.3. The first-order valence-electron chi connectivity index (χ1n) is 7.81. The van der Waals surface area contributed by atoms with E-state index in [9.17, 15) is 9.59 Å². The Morgan fingerprint density at radius 1 is 1.36 bits per heavy atom. The fourth-order valence-corrected chi connectivity index (χ4v) is 2.40. The number of aryl methyl sites for hydroxylation is 1. The third kappa shape index (κ3) is 4.32. The molecule has 1 N–H and O–H groups in total. The standard InChI is InChI=1S/C16H18N4O5/c1-11-9-13(19-25-11)18-14(21)10-24-16(22)12-3-2-4-17-15(12)20-5-7-23-8-6-20/h2-4,9H,5-8,10H2,1H3,(H,18,19,21). The van der Waals surface area contributed by atoms with E-state index in [4.69, 9.17) is 14.0 Å². The predicted molar refractivity (Wildman–Crippen MR) is 87.4 cm³/mol. The summed E-state index contributed by atoms with van der Waals surface area (Å²) >= 11 is 0. The summed E-state index contributed by atoms with van der Waals surface area (Å²) in [5.41, 5.74) is 0.314. The first-order valence-corrected chi connectivity index (χ1v) is 7.81. The van der Waals surface area contributed by atoms with Crippen molar-refractivity contribution in [1.82, 2.24) is 10.1 Å². The summed E-state index contributed by atoms with van der Waals surface area (Å²) < 4.78 is 15.2. The molecule has 1 aliphatic rings. The van der Waals surface area contributed by atoms with E-state index in [2.05, 4.69) is 15.5 Å². The molecule has 132 valence electrons. The third-order valence-electron chi connectivity index (χ3n) is 3.55. The van der Waals surface area contributed by atoms with Gasteiger partial charge in [-0.25, -0.2) is 9.78 Å². The van der Waals surface area contributed by atoms with Crippen molar-refractivity contribution < 1.29 is 23.6 Å². The van der Waals surface area contributed by atoms with Crippen molar-refractivity contribution in [3.8, 4) is 0 Å². The van der Waals surface area contributed by atoms with E-state index >= 15 is 0 Å².